The lowest BCUT2D eigenvalue weighted by atomic mass is 10.1. The Hall–Kier alpha value is -2.49. The molecule has 0 aliphatic rings. The number of rotatable bonds is 8. The van der Waals surface area contributed by atoms with Crippen molar-refractivity contribution in [2.24, 2.45) is 0 Å². The van der Waals surface area contributed by atoms with Crippen LogP contribution in [-0.2, 0) is 11.2 Å². The van der Waals surface area contributed by atoms with Crippen LogP contribution >= 0.6 is 0 Å². The van der Waals surface area contributed by atoms with Crippen LogP contribution in [0.2, 0.25) is 0 Å². The van der Waals surface area contributed by atoms with Crippen molar-refractivity contribution >= 4 is 11.6 Å². The fraction of sp³-hybridized carbons (Fsp3) is 0.316. The molecule has 0 aromatic heterocycles. The highest BCUT2D eigenvalue weighted by molar-refractivity contribution is 5.76. The second kappa shape index (κ2) is 8.83. The zero-order valence-electron chi connectivity index (χ0n) is 13.8. The number of carbonyl (C=O) groups is 1. The molecule has 1 amide bonds. The first-order chi connectivity index (χ1) is 11.2. The highest BCUT2D eigenvalue weighted by Gasteiger charge is 2.01. The second-order valence-corrected chi connectivity index (χ2v) is 5.49. The Labute approximate surface area is 137 Å². The Morgan fingerprint density at radius 1 is 1.09 bits per heavy atom. The Morgan fingerprint density at radius 2 is 1.87 bits per heavy atom. The maximum absolute atomic E-state index is 11.8. The van der Waals surface area contributed by atoms with Gasteiger partial charge in [0.25, 0.3) is 0 Å². The smallest absolute Gasteiger partial charge is 0.221 e. The molecule has 0 aliphatic heterocycles. The van der Waals surface area contributed by atoms with Crippen LogP contribution in [0.1, 0.15) is 17.5 Å². The highest BCUT2D eigenvalue weighted by Crippen LogP contribution is 2.11. The lowest BCUT2D eigenvalue weighted by Gasteiger charge is -2.08. The quantitative estimate of drug-likeness (QED) is 0.787. The van der Waals surface area contributed by atoms with Crippen molar-refractivity contribution in [1.82, 2.24) is 5.32 Å². The van der Waals surface area contributed by atoms with Crippen molar-refractivity contribution in [3.63, 3.8) is 0 Å². The van der Waals surface area contributed by atoms with E-state index < -0.39 is 0 Å². The molecule has 4 heteroatoms. The molecule has 0 radical (unpaired) electrons. The molecular weight excluding hydrogens is 288 g/mol. The van der Waals surface area contributed by atoms with Crippen LogP contribution in [-0.4, -0.2) is 26.1 Å². The predicted molar refractivity (Wildman–Crippen MR) is 94.0 cm³/mol. The maximum Gasteiger partial charge on any atom is 0.221 e. The average molecular weight is 312 g/mol. The number of benzene rings is 2. The van der Waals surface area contributed by atoms with Crippen LogP contribution < -0.4 is 15.4 Å². The van der Waals surface area contributed by atoms with Gasteiger partial charge in [0.1, 0.15) is 5.75 Å². The van der Waals surface area contributed by atoms with Crippen LogP contribution in [0.3, 0.4) is 0 Å². The number of nitrogens with one attached hydrogen (secondary N) is 2. The fourth-order valence-electron chi connectivity index (χ4n) is 2.30. The Balaban J connectivity index is 1.63. The average Bonchev–Trinajstić information content (AvgIpc) is 2.55. The summed E-state index contributed by atoms with van der Waals surface area (Å²) in [5, 5.41) is 6.21. The molecule has 0 saturated heterocycles. The first-order valence-electron chi connectivity index (χ1n) is 7.87. The molecule has 2 aromatic rings. The molecule has 0 fully saturated rings. The molecule has 122 valence electrons. The summed E-state index contributed by atoms with van der Waals surface area (Å²) in [6.45, 7) is 3.34. The van der Waals surface area contributed by atoms with Crippen molar-refractivity contribution in [3.05, 3.63) is 59.7 Å². The first-order valence-corrected chi connectivity index (χ1v) is 7.87. The highest BCUT2D eigenvalue weighted by atomic mass is 16.5. The lowest BCUT2D eigenvalue weighted by Crippen LogP contribution is -2.27. The molecule has 0 unspecified atom stereocenters. The van der Waals surface area contributed by atoms with E-state index in [-0.39, 0.29) is 5.91 Å². The van der Waals surface area contributed by atoms with Crippen LogP contribution in [0.25, 0.3) is 0 Å². The number of ether oxygens (including phenoxy) is 1. The standard InChI is InChI=1S/C19H24N2O2/c1-15-4-3-5-17(14-15)20-13-11-19(22)21-12-10-16-6-8-18(23-2)9-7-16/h3-9,14,20H,10-13H2,1-2H3,(H,21,22). The SMILES string of the molecule is COc1ccc(CCNC(=O)CCNc2cccc(C)c2)cc1. The van der Waals surface area contributed by atoms with Crippen molar-refractivity contribution in [3.8, 4) is 5.75 Å². The lowest BCUT2D eigenvalue weighted by molar-refractivity contribution is -0.120. The Morgan fingerprint density at radius 3 is 2.57 bits per heavy atom. The summed E-state index contributed by atoms with van der Waals surface area (Å²) in [5.74, 6) is 0.915. The number of carbonyl (C=O) groups excluding carboxylic acids is 1. The summed E-state index contributed by atoms with van der Waals surface area (Å²) in [5.41, 5.74) is 3.44. The minimum Gasteiger partial charge on any atom is -0.497 e. The van der Waals surface area contributed by atoms with Gasteiger partial charge in [0.05, 0.1) is 7.11 Å². The van der Waals surface area contributed by atoms with E-state index in [0.29, 0.717) is 19.5 Å². The van der Waals surface area contributed by atoms with Gasteiger partial charge in [-0.25, -0.2) is 0 Å². The third kappa shape index (κ3) is 6.02. The number of methoxy groups -OCH3 is 1. The van der Waals surface area contributed by atoms with E-state index in [4.69, 9.17) is 4.74 Å². The zero-order chi connectivity index (χ0) is 16.5. The predicted octanol–water partition coefficient (Wildman–Crippen LogP) is 3.16. The molecule has 0 heterocycles. The van der Waals surface area contributed by atoms with E-state index in [9.17, 15) is 4.79 Å². The van der Waals surface area contributed by atoms with Gasteiger partial charge in [-0.3, -0.25) is 4.79 Å². The summed E-state index contributed by atoms with van der Waals surface area (Å²) < 4.78 is 5.12. The topological polar surface area (TPSA) is 50.4 Å². The van der Waals surface area contributed by atoms with Crippen molar-refractivity contribution in [2.75, 3.05) is 25.5 Å². The van der Waals surface area contributed by atoms with Crippen LogP contribution in [0.15, 0.2) is 48.5 Å². The summed E-state index contributed by atoms with van der Waals surface area (Å²) in [6.07, 6.45) is 1.29. The summed E-state index contributed by atoms with van der Waals surface area (Å²) >= 11 is 0. The molecule has 2 rings (SSSR count). The minimum atomic E-state index is 0.0682. The minimum absolute atomic E-state index is 0.0682. The van der Waals surface area contributed by atoms with Crippen molar-refractivity contribution in [2.45, 2.75) is 19.8 Å². The van der Waals surface area contributed by atoms with Gasteiger partial charge in [-0.15, -0.1) is 0 Å². The van der Waals surface area contributed by atoms with Crippen molar-refractivity contribution < 1.29 is 9.53 Å². The second-order valence-electron chi connectivity index (χ2n) is 5.49. The molecular formula is C19H24N2O2. The van der Waals surface area contributed by atoms with Gasteiger partial charge in [-0.2, -0.15) is 0 Å². The van der Waals surface area contributed by atoms with E-state index in [0.717, 1.165) is 17.9 Å². The molecule has 0 atom stereocenters. The van der Waals surface area contributed by atoms with Crippen molar-refractivity contribution in [1.29, 1.82) is 0 Å². The normalized spacial score (nSPS) is 10.2. The number of amides is 1. The molecule has 0 saturated carbocycles. The van der Waals surface area contributed by atoms with E-state index in [1.165, 1.54) is 11.1 Å². The monoisotopic (exact) mass is 312 g/mol. The van der Waals surface area contributed by atoms with Gasteiger partial charge in [0, 0.05) is 25.2 Å². The first kappa shape index (κ1) is 16.9. The molecule has 0 bridgehead atoms. The number of aryl methyl sites for hydroxylation is 1. The van der Waals surface area contributed by atoms with Crippen LogP contribution in [0.4, 0.5) is 5.69 Å². The summed E-state index contributed by atoms with van der Waals surface area (Å²) in [7, 11) is 1.65. The molecule has 2 aromatic carbocycles. The summed E-state index contributed by atoms with van der Waals surface area (Å²) in [6, 6.07) is 16.0. The zero-order valence-corrected chi connectivity index (χ0v) is 13.8. The fourth-order valence-corrected chi connectivity index (χ4v) is 2.30. The number of hydrogen-bond acceptors (Lipinski definition) is 3. The van der Waals surface area contributed by atoms with E-state index in [1.54, 1.807) is 7.11 Å². The summed E-state index contributed by atoms with van der Waals surface area (Å²) in [4.78, 5) is 11.8. The van der Waals surface area contributed by atoms with E-state index in [1.807, 2.05) is 36.4 Å². The van der Waals surface area contributed by atoms with E-state index in [2.05, 4.69) is 29.7 Å². The molecule has 23 heavy (non-hydrogen) atoms. The van der Waals surface area contributed by atoms with Gasteiger partial charge in [0.2, 0.25) is 5.91 Å². The number of anilines is 1. The van der Waals surface area contributed by atoms with Gasteiger partial charge in [0.15, 0.2) is 0 Å². The van der Waals surface area contributed by atoms with Gasteiger partial charge >= 0.3 is 0 Å². The van der Waals surface area contributed by atoms with Crippen LogP contribution in [0.5, 0.6) is 5.75 Å². The van der Waals surface area contributed by atoms with Gasteiger partial charge < -0.3 is 15.4 Å². The Kier molecular flexibility index (Phi) is 6.48. The van der Waals surface area contributed by atoms with E-state index >= 15 is 0 Å². The maximum atomic E-state index is 11.8. The largest absolute Gasteiger partial charge is 0.497 e. The third-order valence-corrected chi connectivity index (χ3v) is 3.59. The number of hydrogen-bond donors (Lipinski definition) is 2. The molecule has 2 N–H and O–H groups in total. The van der Waals surface area contributed by atoms with Gasteiger partial charge in [-0.05, 0) is 48.7 Å². The van der Waals surface area contributed by atoms with Crippen LogP contribution in [0, 0.1) is 6.92 Å². The molecule has 0 aliphatic carbocycles. The van der Waals surface area contributed by atoms with Gasteiger partial charge in [-0.1, -0.05) is 24.3 Å². The third-order valence-electron chi connectivity index (χ3n) is 3.59. The molecule has 4 nitrogen and oxygen atoms in total. The Bertz CT molecular complexity index is 624. The molecule has 0 spiro atoms.